The van der Waals surface area contributed by atoms with Crippen LogP contribution in [0.25, 0.3) is 0 Å². The van der Waals surface area contributed by atoms with Crippen molar-refractivity contribution in [2.75, 3.05) is 33.2 Å². The van der Waals surface area contributed by atoms with Gasteiger partial charge in [0.25, 0.3) is 0 Å². The van der Waals surface area contributed by atoms with Crippen molar-refractivity contribution in [3.63, 3.8) is 0 Å². The Hall–Kier alpha value is -1.13. The molecule has 2 aromatic rings. The fourth-order valence-electron chi connectivity index (χ4n) is 3.90. The van der Waals surface area contributed by atoms with Gasteiger partial charge >= 0.3 is 0 Å². The van der Waals surface area contributed by atoms with Gasteiger partial charge < -0.3 is 15.2 Å². The molecule has 2 N–H and O–H groups in total. The average molecular weight is 517 g/mol. The van der Waals surface area contributed by atoms with E-state index in [-0.39, 0.29) is 24.0 Å². The number of rotatable bonds is 7. The summed E-state index contributed by atoms with van der Waals surface area (Å²) in [5.41, 5.74) is 2.16. The molecule has 0 bridgehead atoms. The first-order valence-electron chi connectivity index (χ1n) is 9.75. The van der Waals surface area contributed by atoms with Crippen LogP contribution in [-0.2, 0) is 0 Å². The molecule has 2 atom stereocenters. The van der Waals surface area contributed by atoms with Gasteiger partial charge in [-0.25, -0.2) is 0 Å². The van der Waals surface area contributed by atoms with Crippen LogP contribution in [0.15, 0.2) is 27.0 Å². The topological polar surface area (TPSA) is 65.7 Å². The Kier molecular flexibility index (Phi) is 9.23. The number of nitrogens with zero attached hydrogens (tertiary/aromatic N) is 3. The number of hydrogen-bond donors (Lipinski definition) is 2. The van der Waals surface area contributed by atoms with E-state index in [0.29, 0.717) is 12.0 Å². The maximum absolute atomic E-state index is 5.30. The summed E-state index contributed by atoms with van der Waals surface area (Å²) in [6.45, 7) is 10.2. The first kappa shape index (κ1) is 23.2. The zero-order valence-electron chi connectivity index (χ0n) is 17.2. The molecule has 8 heteroatoms. The molecule has 0 aromatic carbocycles. The first-order chi connectivity index (χ1) is 13.1. The summed E-state index contributed by atoms with van der Waals surface area (Å²) in [7, 11) is 1.83. The fourth-order valence-corrected chi connectivity index (χ4v) is 4.76. The third-order valence-electron chi connectivity index (χ3n) is 5.30. The number of guanidine groups is 1. The van der Waals surface area contributed by atoms with Crippen molar-refractivity contribution in [1.82, 2.24) is 20.7 Å². The number of thiophene rings is 1. The first-order valence-corrected chi connectivity index (χ1v) is 10.6. The Morgan fingerprint density at radius 1 is 1.29 bits per heavy atom. The van der Waals surface area contributed by atoms with Gasteiger partial charge in [-0.15, -0.1) is 35.3 Å². The molecule has 0 amide bonds. The number of aryl methyl sites for hydroxylation is 2. The minimum atomic E-state index is 0. The summed E-state index contributed by atoms with van der Waals surface area (Å²) in [5.74, 6) is 2.05. The van der Waals surface area contributed by atoms with E-state index < -0.39 is 0 Å². The summed E-state index contributed by atoms with van der Waals surface area (Å²) in [6, 6.07) is 4.79. The molecule has 1 fully saturated rings. The largest absolute Gasteiger partial charge is 0.361 e. The molecule has 0 spiro atoms. The molecule has 6 nitrogen and oxygen atoms in total. The van der Waals surface area contributed by atoms with Gasteiger partial charge in [-0.05, 0) is 51.2 Å². The van der Waals surface area contributed by atoms with Crippen LogP contribution in [0.5, 0.6) is 0 Å². The maximum Gasteiger partial charge on any atom is 0.191 e. The van der Waals surface area contributed by atoms with Gasteiger partial charge in [-0.2, -0.15) is 0 Å². The van der Waals surface area contributed by atoms with E-state index in [1.165, 1.54) is 36.4 Å². The van der Waals surface area contributed by atoms with Gasteiger partial charge in [0, 0.05) is 36.5 Å². The van der Waals surface area contributed by atoms with E-state index in [9.17, 15) is 0 Å². The molecule has 1 saturated heterocycles. The normalized spacial score (nSPS) is 17.2. The van der Waals surface area contributed by atoms with Crippen molar-refractivity contribution in [3.05, 3.63) is 39.4 Å². The number of halogens is 1. The predicted molar refractivity (Wildman–Crippen MR) is 127 cm³/mol. The molecular weight excluding hydrogens is 485 g/mol. The van der Waals surface area contributed by atoms with Crippen LogP contribution in [0.1, 0.15) is 53.6 Å². The highest BCUT2D eigenvalue weighted by Gasteiger charge is 2.24. The van der Waals surface area contributed by atoms with E-state index in [4.69, 9.17) is 4.52 Å². The summed E-state index contributed by atoms with van der Waals surface area (Å²) < 4.78 is 5.30. The molecule has 2 unspecified atom stereocenters. The van der Waals surface area contributed by atoms with Crippen LogP contribution < -0.4 is 10.6 Å². The lowest BCUT2D eigenvalue weighted by Gasteiger charge is -2.27. The molecule has 3 heterocycles. The highest BCUT2D eigenvalue weighted by molar-refractivity contribution is 14.0. The van der Waals surface area contributed by atoms with Gasteiger partial charge in [0.15, 0.2) is 5.96 Å². The number of likely N-dealkylation sites (tertiary alicyclic amines) is 1. The van der Waals surface area contributed by atoms with E-state index in [2.05, 4.69) is 50.1 Å². The summed E-state index contributed by atoms with van der Waals surface area (Å²) in [4.78, 5) is 8.41. The summed E-state index contributed by atoms with van der Waals surface area (Å²) >= 11 is 1.84. The second-order valence-corrected chi connectivity index (χ2v) is 8.23. The van der Waals surface area contributed by atoms with Gasteiger partial charge in [-0.3, -0.25) is 9.89 Å². The zero-order valence-corrected chi connectivity index (χ0v) is 20.3. The van der Waals surface area contributed by atoms with Crippen LogP contribution >= 0.6 is 35.3 Å². The van der Waals surface area contributed by atoms with Gasteiger partial charge in [0.1, 0.15) is 5.76 Å². The predicted octanol–water partition coefficient (Wildman–Crippen LogP) is 4.08. The standard InChI is InChI=1S/C20H31N5OS.HI/c1-14(19-15(2)24-26-16(19)3)12-22-20(21-4)23-13-17(18-8-7-11-27-18)25-9-5-6-10-25;/h7-8,11,14,17H,5-6,9-10,12-13H2,1-4H3,(H2,21,22,23);1H. The highest BCUT2D eigenvalue weighted by Crippen LogP contribution is 2.28. The van der Waals surface area contributed by atoms with Crippen LogP contribution in [0.3, 0.4) is 0 Å². The van der Waals surface area contributed by atoms with Crippen molar-refractivity contribution in [2.45, 2.75) is 45.6 Å². The smallest absolute Gasteiger partial charge is 0.191 e. The van der Waals surface area contributed by atoms with E-state index >= 15 is 0 Å². The molecule has 156 valence electrons. The number of nitrogens with one attached hydrogen (secondary N) is 2. The quantitative estimate of drug-likeness (QED) is 0.329. The van der Waals surface area contributed by atoms with Crippen molar-refractivity contribution in [3.8, 4) is 0 Å². The van der Waals surface area contributed by atoms with E-state index in [1.807, 2.05) is 32.2 Å². The van der Waals surface area contributed by atoms with E-state index in [1.54, 1.807) is 0 Å². The molecule has 0 radical (unpaired) electrons. The van der Waals surface area contributed by atoms with Gasteiger partial charge in [-0.1, -0.05) is 18.1 Å². The lowest BCUT2D eigenvalue weighted by molar-refractivity contribution is 0.249. The second kappa shape index (κ2) is 11.2. The maximum atomic E-state index is 5.30. The molecule has 0 saturated carbocycles. The summed E-state index contributed by atoms with van der Waals surface area (Å²) in [5, 5.41) is 13.2. The number of aliphatic imine (C=N–C) groups is 1. The monoisotopic (exact) mass is 517 g/mol. The molecule has 28 heavy (non-hydrogen) atoms. The molecular formula is C20H32IN5OS. The Labute approximate surface area is 189 Å². The SMILES string of the molecule is CN=C(NCC(C)c1c(C)noc1C)NCC(c1cccs1)N1CCCC1.I. The average Bonchev–Trinajstić information content (AvgIpc) is 3.41. The fraction of sp³-hybridized carbons (Fsp3) is 0.600. The molecule has 3 rings (SSSR count). The molecule has 2 aromatic heterocycles. The Balaban J connectivity index is 0.00000280. The Morgan fingerprint density at radius 3 is 2.57 bits per heavy atom. The highest BCUT2D eigenvalue weighted by atomic mass is 127. The van der Waals surface area contributed by atoms with Crippen LogP contribution in [-0.4, -0.2) is 49.2 Å². The van der Waals surface area contributed by atoms with Crippen LogP contribution in [0.2, 0.25) is 0 Å². The van der Waals surface area contributed by atoms with E-state index in [0.717, 1.165) is 30.5 Å². The van der Waals surface area contributed by atoms with Crippen molar-refractivity contribution in [2.24, 2.45) is 4.99 Å². The van der Waals surface area contributed by atoms with Crippen molar-refractivity contribution < 1.29 is 4.52 Å². The van der Waals surface area contributed by atoms with Gasteiger partial charge in [0.2, 0.25) is 0 Å². The third kappa shape index (κ3) is 5.70. The van der Waals surface area contributed by atoms with Crippen molar-refractivity contribution in [1.29, 1.82) is 0 Å². The minimum Gasteiger partial charge on any atom is -0.361 e. The number of hydrogen-bond acceptors (Lipinski definition) is 5. The molecule has 1 aliphatic heterocycles. The van der Waals surface area contributed by atoms with Crippen molar-refractivity contribution >= 4 is 41.3 Å². The Bertz CT molecular complexity index is 720. The minimum absolute atomic E-state index is 0. The number of aromatic nitrogens is 1. The lowest BCUT2D eigenvalue weighted by atomic mass is 10.00. The molecule has 0 aliphatic carbocycles. The molecule has 1 aliphatic rings. The lowest BCUT2D eigenvalue weighted by Crippen LogP contribution is -2.43. The summed E-state index contributed by atoms with van der Waals surface area (Å²) in [6.07, 6.45) is 2.59. The van der Waals surface area contributed by atoms with Gasteiger partial charge in [0.05, 0.1) is 11.7 Å². The third-order valence-corrected chi connectivity index (χ3v) is 6.27. The second-order valence-electron chi connectivity index (χ2n) is 7.25. The van der Waals surface area contributed by atoms with Crippen LogP contribution in [0.4, 0.5) is 0 Å². The Morgan fingerprint density at radius 2 is 2.00 bits per heavy atom. The zero-order chi connectivity index (χ0) is 19.2. The van der Waals surface area contributed by atoms with Crippen LogP contribution in [0, 0.1) is 13.8 Å².